The van der Waals surface area contributed by atoms with Crippen molar-refractivity contribution < 1.29 is 9.13 Å². The smallest absolute Gasteiger partial charge is 0.259 e. The number of hydrogen-bond donors (Lipinski definition) is 1. The predicted molar refractivity (Wildman–Crippen MR) is 60.9 cm³/mol. The van der Waals surface area contributed by atoms with E-state index in [0.717, 1.165) is 5.56 Å². The van der Waals surface area contributed by atoms with Gasteiger partial charge in [0.15, 0.2) is 0 Å². The van der Waals surface area contributed by atoms with Crippen molar-refractivity contribution in [2.75, 3.05) is 5.73 Å². The Morgan fingerprint density at radius 3 is 2.73 bits per heavy atom. The Balaban J connectivity index is 2.95. The summed E-state index contributed by atoms with van der Waals surface area (Å²) in [6, 6.07) is 3.14. The Bertz CT molecular complexity index is 392. The molecule has 0 amide bonds. The van der Waals surface area contributed by atoms with Crippen LogP contribution in [0.15, 0.2) is 24.3 Å². The van der Waals surface area contributed by atoms with Gasteiger partial charge >= 0.3 is 0 Å². The van der Waals surface area contributed by atoms with Gasteiger partial charge < -0.3 is 10.5 Å². The highest BCUT2D eigenvalue weighted by atomic mass is 35.5. The van der Waals surface area contributed by atoms with Gasteiger partial charge in [-0.25, -0.2) is 0 Å². The first-order valence-electron chi connectivity index (χ1n) is 4.43. The Morgan fingerprint density at radius 2 is 2.20 bits per heavy atom. The van der Waals surface area contributed by atoms with Crippen LogP contribution in [-0.2, 0) is 0 Å². The van der Waals surface area contributed by atoms with Crippen molar-refractivity contribution in [3.63, 3.8) is 0 Å². The van der Waals surface area contributed by atoms with Crippen molar-refractivity contribution in [3.05, 3.63) is 34.9 Å². The molecule has 0 aliphatic heterocycles. The average Bonchev–Trinajstić information content (AvgIpc) is 2.13. The maximum Gasteiger partial charge on any atom is 0.259 e. The second-order valence-electron chi connectivity index (χ2n) is 3.42. The number of nitrogens with two attached hydrogens (primary N) is 1. The summed E-state index contributed by atoms with van der Waals surface area (Å²) in [6.07, 6.45) is -1.57. The third-order valence-corrected chi connectivity index (χ3v) is 2.23. The SMILES string of the molecule is C=C(C)C(F)Oc1cc(N)c(C)cc1Cl. The van der Waals surface area contributed by atoms with Crippen molar-refractivity contribution in [1.82, 2.24) is 0 Å². The van der Waals surface area contributed by atoms with E-state index in [2.05, 4.69) is 6.58 Å². The minimum absolute atomic E-state index is 0.232. The Kier molecular flexibility index (Phi) is 3.58. The fourth-order valence-corrected chi connectivity index (χ4v) is 1.23. The molecule has 0 aliphatic rings. The van der Waals surface area contributed by atoms with Crippen LogP contribution in [0.5, 0.6) is 5.75 Å². The van der Waals surface area contributed by atoms with E-state index in [1.165, 1.54) is 13.0 Å². The molecule has 0 saturated carbocycles. The molecule has 2 nitrogen and oxygen atoms in total. The highest BCUT2D eigenvalue weighted by molar-refractivity contribution is 6.32. The van der Waals surface area contributed by atoms with E-state index in [9.17, 15) is 4.39 Å². The van der Waals surface area contributed by atoms with Crippen LogP contribution in [0, 0.1) is 6.92 Å². The Hall–Kier alpha value is -1.22. The van der Waals surface area contributed by atoms with E-state index in [-0.39, 0.29) is 11.3 Å². The number of benzene rings is 1. The normalized spacial score (nSPS) is 12.3. The van der Waals surface area contributed by atoms with Crippen LogP contribution < -0.4 is 10.5 Å². The highest BCUT2D eigenvalue weighted by Crippen LogP contribution is 2.30. The lowest BCUT2D eigenvalue weighted by Crippen LogP contribution is -2.11. The molecule has 0 aromatic heterocycles. The van der Waals surface area contributed by atoms with Gasteiger partial charge in [0.05, 0.1) is 5.02 Å². The number of aryl methyl sites for hydroxylation is 1. The molecule has 2 N–H and O–H groups in total. The molecular weight excluding hydrogens is 217 g/mol. The van der Waals surface area contributed by atoms with Crippen molar-refractivity contribution in [3.8, 4) is 5.75 Å². The fourth-order valence-electron chi connectivity index (χ4n) is 0.971. The molecule has 0 fully saturated rings. The van der Waals surface area contributed by atoms with Crippen LogP contribution in [0.4, 0.5) is 10.1 Å². The largest absolute Gasteiger partial charge is 0.455 e. The van der Waals surface area contributed by atoms with Gasteiger partial charge in [-0.2, -0.15) is 4.39 Å². The number of ether oxygens (including phenoxy) is 1. The Morgan fingerprint density at radius 1 is 1.60 bits per heavy atom. The zero-order chi connectivity index (χ0) is 11.6. The van der Waals surface area contributed by atoms with Crippen LogP contribution in [0.3, 0.4) is 0 Å². The first-order chi connectivity index (χ1) is 6.91. The zero-order valence-corrected chi connectivity index (χ0v) is 9.44. The van der Waals surface area contributed by atoms with Crippen LogP contribution in [-0.4, -0.2) is 6.36 Å². The van der Waals surface area contributed by atoms with Gasteiger partial charge in [0.1, 0.15) is 5.75 Å². The number of anilines is 1. The molecule has 0 radical (unpaired) electrons. The molecular formula is C11H13ClFNO. The summed E-state index contributed by atoms with van der Waals surface area (Å²) in [5, 5.41) is 0.339. The van der Waals surface area contributed by atoms with Crippen LogP contribution >= 0.6 is 11.6 Å². The quantitative estimate of drug-likeness (QED) is 0.636. The molecule has 1 unspecified atom stereocenters. The summed E-state index contributed by atoms with van der Waals surface area (Å²) in [7, 11) is 0. The summed E-state index contributed by atoms with van der Waals surface area (Å²) >= 11 is 5.87. The average molecular weight is 230 g/mol. The third-order valence-electron chi connectivity index (χ3n) is 1.94. The topological polar surface area (TPSA) is 35.2 Å². The molecule has 4 heteroatoms. The zero-order valence-electron chi connectivity index (χ0n) is 8.68. The van der Waals surface area contributed by atoms with Crippen molar-refractivity contribution in [1.29, 1.82) is 0 Å². The molecule has 0 heterocycles. The van der Waals surface area contributed by atoms with Crippen molar-refractivity contribution >= 4 is 17.3 Å². The highest BCUT2D eigenvalue weighted by Gasteiger charge is 2.12. The summed E-state index contributed by atoms with van der Waals surface area (Å²) in [5.74, 6) is 0.232. The van der Waals surface area contributed by atoms with Crippen LogP contribution in [0.2, 0.25) is 5.02 Å². The number of hydrogen-bond acceptors (Lipinski definition) is 2. The lowest BCUT2D eigenvalue weighted by Gasteiger charge is -2.13. The second-order valence-corrected chi connectivity index (χ2v) is 3.83. The van der Waals surface area contributed by atoms with E-state index in [0.29, 0.717) is 10.7 Å². The maximum absolute atomic E-state index is 13.2. The molecule has 1 rings (SSSR count). The van der Waals surface area contributed by atoms with Gasteiger partial charge in [0.2, 0.25) is 0 Å². The van der Waals surface area contributed by atoms with Gasteiger partial charge in [-0.15, -0.1) is 0 Å². The molecule has 0 bridgehead atoms. The molecule has 1 aromatic rings. The summed E-state index contributed by atoms with van der Waals surface area (Å²) in [5.41, 5.74) is 7.29. The van der Waals surface area contributed by atoms with Gasteiger partial charge in [-0.05, 0) is 31.1 Å². The summed E-state index contributed by atoms with van der Waals surface area (Å²) in [6.45, 7) is 6.80. The van der Waals surface area contributed by atoms with E-state index >= 15 is 0 Å². The summed E-state index contributed by atoms with van der Waals surface area (Å²) < 4.78 is 18.2. The first-order valence-corrected chi connectivity index (χ1v) is 4.81. The van der Waals surface area contributed by atoms with Gasteiger partial charge in [-0.1, -0.05) is 18.2 Å². The number of rotatable bonds is 3. The summed E-state index contributed by atoms with van der Waals surface area (Å²) in [4.78, 5) is 0. The number of alkyl halides is 1. The number of nitrogen functional groups attached to an aromatic ring is 1. The minimum atomic E-state index is -1.57. The van der Waals surface area contributed by atoms with E-state index < -0.39 is 6.36 Å². The standard InChI is InChI=1S/C11H13ClFNO/c1-6(2)11(13)15-10-5-9(14)7(3)4-8(10)12/h4-5,11H,1,14H2,2-3H3. The molecule has 0 aliphatic carbocycles. The van der Waals surface area contributed by atoms with Crippen molar-refractivity contribution in [2.45, 2.75) is 20.2 Å². The monoisotopic (exact) mass is 229 g/mol. The maximum atomic E-state index is 13.2. The van der Waals surface area contributed by atoms with E-state index in [1.807, 2.05) is 6.92 Å². The Labute approximate surface area is 93.5 Å². The van der Waals surface area contributed by atoms with Gasteiger partial charge in [-0.3, -0.25) is 0 Å². The fraction of sp³-hybridized carbons (Fsp3) is 0.273. The number of halogens is 2. The van der Waals surface area contributed by atoms with Gasteiger partial charge in [0, 0.05) is 11.8 Å². The molecule has 1 aromatic carbocycles. The molecule has 15 heavy (non-hydrogen) atoms. The minimum Gasteiger partial charge on any atom is -0.455 e. The van der Waals surface area contributed by atoms with E-state index in [4.69, 9.17) is 22.1 Å². The lowest BCUT2D eigenvalue weighted by atomic mass is 10.2. The van der Waals surface area contributed by atoms with E-state index in [1.54, 1.807) is 6.07 Å². The third kappa shape index (κ3) is 2.86. The molecule has 0 spiro atoms. The van der Waals surface area contributed by atoms with Gasteiger partial charge in [0.25, 0.3) is 6.36 Å². The van der Waals surface area contributed by atoms with Crippen molar-refractivity contribution in [2.24, 2.45) is 0 Å². The molecule has 0 saturated heterocycles. The predicted octanol–water partition coefficient (Wildman–Crippen LogP) is 3.48. The van der Waals surface area contributed by atoms with Crippen LogP contribution in [0.25, 0.3) is 0 Å². The molecule has 82 valence electrons. The second kappa shape index (κ2) is 4.53. The first kappa shape index (κ1) is 11.9. The molecule has 1 atom stereocenters. The van der Waals surface area contributed by atoms with Crippen LogP contribution in [0.1, 0.15) is 12.5 Å². The lowest BCUT2D eigenvalue weighted by molar-refractivity contribution is 0.103.